The van der Waals surface area contributed by atoms with Gasteiger partial charge in [0.15, 0.2) is 5.82 Å². The summed E-state index contributed by atoms with van der Waals surface area (Å²) in [4.78, 5) is 18.3. The van der Waals surface area contributed by atoms with E-state index in [0.29, 0.717) is 12.5 Å². The molecule has 0 bridgehead atoms. The highest BCUT2D eigenvalue weighted by molar-refractivity contribution is 7.97. The standard InChI is InChI=1S/C21H23N7O2S/c1-30-13-21(29)23-15-4-6-16(7-5-15)31-27-11-19-22-8-9-28(19)20(12-27)24-18-10-17(25-26-18)14-2-3-14/h4-10,12,14H,2-3,11,13H2,1H3,(H,23,29)(H2,24,25,26)/p+1. The molecule has 0 radical (unpaired) electrons. The third kappa shape index (κ3) is 4.66. The van der Waals surface area contributed by atoms with Gasteiger partial charge in [-0.3, -0.25) is 19.5 Å². The highest BCUT2D eigenvalue weighted by Gasteiger charge is 2.32. The molecule has 3 aliphatic rings. The van der Waals surface area contributed by atoms with Gasteiger partial charge in [0.25, 0.3) is 0 Å². The molecular formula is C21H24N7O2S+. The van der Waals surface area contributed by atoms with Crippen molar-refractivity contribution in [1.29, 1.82) is 0 Å². The van der Waals surface area contributed by atoms with Gasteiger partial charge in [0.05, 0.1) is 12.4 Å². The van der Waals surface area contributed by atoms with Crippen LogP contribution in [0.25, 0.3) is 0 Å². The zero-order valence-corrected chi connectivity index (χ0v) is 17.9. The fraction of sp³-hybridized carbons (Fsp3) is 0.286. The number of ether oxygens (including phenoxy) is 1. The smallest absolute Gasteiger partial charge is 0.250 e. The fourth-order valence-corrected chi connectivity index (χ4v) is 4.38. The number of carbonyl (C=O) groups excluding carboxylic acids is 1. The van der Waals surface area contributed by atoms with E-state index in [1.807, 2.05) is 36.7 Å². The normalized spacial score (nSPS) is 19.6. The molecule has 2 aromatic rings. The minimum atomic E-state index is -0.171. The molecule has 31 heavy (non-hydrogen) atoms. The van der Waals surface area contributed by atoms with Crippen LogP contribution in [0.4, 0.5) is 11.5 Å². The van der Waals surface area contributed by atoms with Gasteiger partial charge in [0.1, 0.15) is 19.4 Å². The number of aliphatic imine (C=N–C) groups is 1. The highest BCUT2D eigenvalue weighted by Crippen LogP contribution is 2.39. The molecule has 3 heterocycles. The predicted molar refractivity (Wildman–Crippen MR) is 119 cm³/mol. The number of aromatic nitrogens is 2. The molecule has 1 saturated carbocycles. The van der Waals surface area contributed by atoms with Gasteiger partial charge < -0.3 is 10.1 Å². The molecule has 2 aliphatic heterocycles. The molecule has 9 nitrogen and oxygen atoms in total. The molecule has 1 atom stereocenters. The number of amides is 1. The van der Waals surface area contributed by atoms with Crippen molar-refractivity contribution in [2.24, 2.45) is 4.99 Å². The first kappa shape index (κ1) is 19.9. The zero-order chi connectivity index (χ0) is 21.2. The van der Waals surface area contributed by atoms with Gasteiger partial charge in [-0.05, 0) is 49.1 Å². The Bertz CT molecular complexity index is 1060. The number of anilines is 2. The van der Waals surface area contributed by atoms with E-state index in [-0.39, 0.29) is 12.5 Å². The lowest BCUT2D eigenvalue weighted by molar-refractivity contribution is -0.699. The number of quaternary nitrogens is 1. The van der Waals surface area contributed by atoms with Crippen molar-refractivity contribution in [3.05, 3.63) is 60.4 Å². The summed E-state index contributed by atoms with van der Waals surface area (Å²) in [6.07, 6.45) is 8.43. The van der Waals surface area contributed by atoms with Crippen LogP contribution in [0.2, 0.25) is 0 Å². The van der Waals surface area contributed by atoms with E-state index >= 15 is 0 Å². The summed E-state index contributed by atoms with van der Waals surface area (Å²) in [6.45, 7) is 0.746. The third-order valence-electron chi connectivity index (χ3n) is 5.17. The lowest BCUT2D eigenvalue weighted by atomic mass is 10.3. The predicted octanol–water partition coefficient (Wildman–Crippen LogP) is 1.87. The van der Waals surface area contributed by atoms with Crippen LogP contribution in [0.1, 0.15) is 24.5 Å². The summed E-state index contributed by atoms with van der Waals surface area (Å²) in [6, 6.07) is 9.84. The summed E-state index contributed by atoms with van der Waals surface area (Å²) < 4.78 is 6.99. The van der Waals surface area contributed by atoms with Crippen LogP contribution < -0.4 is 15.5 Å². The Labute approximate surface area is 184 Å². The van der Waals surface area contributed by atoms with Gasteiger partial charge in [-0.25, -0.2) is 9.89 Å². The fourth-order valence-electron chi connectivity index (χ4n) is 3.51. The summed E-state index contributed by atoms with van der Waals surface area (Å²) >= 11 is 1.62. The van der Waals surface area contributed by atoms with E-state index in [1.54, 1.807) is 11.9 Å². The average Bonchev–Trinajstić information content (AvgIpc) is 3.31. The Hall–Kier alpha value is -3.08. The van der Waals surface area contributed by atoms with Gasteiger partial charge in [-0.1, -0.05) is 0 Å². The second kappa shape index (κ2) is 8.58. The van der Waals surface area contributed by atoms with E-state index in [4.69, 9.17) is 4.74 Å². The first-order valence-corrected chi connectivity index (χ1v) is 10.9. The Morgan fingerprint density at radius 1 is 1.35 bits per heavy atom. The van der Waals surface area contributed by atoms with Crippen LogP contribution in [0.3, 0.4) is 0 Å². The van der Waals surface area contributed by atoms with Gasteiger partial charge in [-0.2, -0.15) is 5.10 Å². The number of nitrogens with one attached hydrogen (secondary N) is 4. The number of rotatable bonds is 8. The highest BCUT2D eigenvalue weighted by atomic mass is 32.2. The second-order valence-corrected chi connectivity index (χ2v) is 8.75. The van der Waals surface area contributed by atoms with E-state index < -0.39 is 0 Å². The van der Waals surface area contributed by atoms with E-state index in [9.17, 15) is 4.79 Å². The zero-order valence-electron chi connectivity index (χ0n) is 17.1. The molecule has 1 unspecified atom stereocenters. The summed E-state index contributed by atoms with van der Waals surface area (Å²) in [5.41, 5.74) is 1.94. The molecule has 1 aromatic carbocycles. The topological polar surface area (TPSA) is 99.1 Å². The molecule has 1 aromatic heterocycles. The number of H-pyrrole nitrogens is 1. The largest absolute Gasteiger partial charge is 0.375 e. The molecule has 0 saturated heterocycles. The first-order chi connectivity index (χ1) is 15.2. The lowest BCUT2D eigenvalue weighted by Gasteiger charge is -2.27. The minimum absolute atomic E-state index is 0.0397. The van der Waals surface area contributed by atoms with Crippen molar-refractivity contribution in [2.75, 3.05) is 30.9 Å². The van der Waals surface area contributed by atoms with E-state index in [0.717, 1.165) is 33.0 Å². The Morgan fingerprint density at radius 3 is 2.97 bits per heavy atom. The monoisotopic (exact) mass is 438 g/mol. The third-order valence-corrected chi connectivity index (χ3v) is 6.12. The molecule has 1 aliphatic carbocycles. The van der Waals surface area contributed by atoms with Gasteiger partial charge >= 0.3 is 0 Å². The van der Waals surface area contributed by atoms with E-state index in [2.05, 4.69) is 42.4 Å². The molecule has 4 N–H and O–H groups in total. The van der Waals surface area contributed by atoms with Crippen molar-refractivity contribution < 1.29 is 14.4 Å². The van der Waals surface area contributed by atoms with Crippen molar-refractivity contribution in [2.45, 2.75) is 23.7 Å². The lowest BCUT2D eigenvalue weighted by Crippen LogP contribution is -3.10. The second-order valence-electron chi connectivity index (χ2n) is 7.63. The summed E-state index contributed by atoms with van der Waals surface area (Å²) in [7, 11) is 1.50. The van der Waals surface area contributed by atoms with Crippen LogP contribution in [0, 0.1) is 0 Å². The molecule has 0 spiro atoms. The number of hydrogen-bond acceptors (Lipinski definition) is 7. The van der Waals surface area contributed by atoms with Crippen LogP contribution >= 0.6 is 11.9 Å². The molecular weight excluding hydrogens is 414 g/mol. The number of benzene rings is 1. The van der Waals surface area contributed by atoms with Crippen LogP contribution in [0.5, 0.6) is 0 Å². The van der Waals surface area contributed by atoms with Crippen molar-refractivity contribution >= 4 is 35.2 Å². The van der Waals surface area contributed by atoms with E-state index in [1.165, 1.54) is 25.6 Å². The molecule has 5 rings (SSSR count). The van der Waals surface area contributed by atoms with Crippen molar-refractivity contribution in [3.8, 4) is 0 Å². The molecule has 1 fully saturated rings. The number of hydrogen-bond donors (Lipinski definition) is 4. The number of fused-ring (bicyclic) bond motifs is 1. The van der Waals surface area contributed by atoms with Crippen molar-refractivity contribution in [1.82, 2.24) is 14.5 Å². The minimum Gasteiger partial charge on any atom is -0.375 e. The Kier molecular flexibility index (Phi) is 5.49. The van der Waals surface area contributed by atoms with Gasteiger partial charge in [-0.15, -0.1) is 0 Å². The van der Waals surface area contributed by atoms with Gasteiger partial charge in [0.2, 0.25) is 17.6 Å². The number of aromatic amines is 1. The molecule has 1 amide bonds. The van der Waals surface area contributed by atoms with Crippen LogP contribution in [0.15, 0.2) is 64.6 Å². The first-order valence-electron chi connectivity index (χ1n) is 10.2. The Morgan fingerprint density at radius 2 is 2.19 bits per heavy atom. The SMILES string of the molecule is COCC(=O)Nc1ccc(SN2C=C(Nc3cc(C4CC4)[nH]n3)[NH+]3C=CN=C3C2)cc1. The maximum atomic E-state index is 11.7. The summed E-state index contributed by atoms with van der Waals surface area (Å²) in [5.74, 6) is 3.29. The maximum absolute atomic E-state index is 11.7. The number of methoxy groups -OCH3 is 1. The number of nitrogens with zero attached hydrogens (tertiary/aromatic N) is 3. The average molecular weight is 439 g/mol. The molecule has 160 valence electrons. The van der Waals surface area contributed by atoms with Crippen molar-refractivity contribution in [3.63, 3.8) is 0 Å². The van der Waals surface area contributed by atoms with Gasteiger partial charge in [0, 0.05) is 35.4 Å². The Balaban J connectivity index is 1.27. The molecule has 10 heteroatoms. The quantitative estimate of drug-likeness (QED) is 0.470. The van der Waals surface area contributed by atoms with Crippen LogP contribution in [-0.2, 0) is 9.53 Å². The van der Waals surface area contributed by atoms with Crippen LogP contribution in [-0.4, -0.2) is 46.5 Å². The maximum Gasteiger partial charge on any atom is 0.250 e. The number of carbonyl (C=O) groups is 1. The summed E-state index contributed by atoms with van der Waals surface area (Å²) in [5, 5.41) is 13.8. The number of amidine groups is 1.